The van der Waals surface area contributed by atoms with Crippen LogP contribution in [-0.4, -0.2) is 54.6 Å². The highest BCUT2D eigenvalue weighted by Crippen LogP contribution is 2.37. The summed E-state index contributed by atoms with van der Waals surface area (Å²) in [6.45, 7) is 3.52. The van der Waals surface area contributed by atoms with Gasteiger partial charge in [0.05, 0.1) is 0 Å². The lowest BCUT2D eigenvalue weighted by molar-refractivity contribution is -0.136. The van der Waals surface area contributed by atoms with Crippen molar-refractivity contribution in [3.63, 3.8) is 0 Å². The molecule has 1 aliphatic carbocycles. The summed E-state index contributed by atoms with van der Waals surface area (Å²) in [6, 6.07) is 7.23. The number of nitrogens with one attached hydrogen (secondary N) is 2. The third-order valence-corrected chi connectivity index (χ3v) is 7.42. The van der Waals surface area contributed by atoms with Crippen molar-refractivity contribution in [1.29, 1.82) is 0 Å². The van der Waals surface area contributed by atoms with Gasteiger partial charge in [0, 0.05) is 30.2 Å². The number of amides is 4. The van der Waals surface area contributed by atoms with Gasteiger partial charge in [-0.05, 0) is 62.1 Å². The molecule has 4 amide bonds. The first-order valence-corrected chi connectivity index (χ1v) is 11.5. The van der Waals surface area contributed by atoms with Gasteiger partial charge in [0.2, 0.25) is 5.91 Å². The predicted octanol–water partition coefficient (Wildman–Crippen LogP) is 3.01. The second-order valence-corrected chi connectivity index (χ2v) is 9.70. The number of hydrogen-bond donors (Lipinski definition) is 2. The van der Waals surface area contributed by atoms with E-state index >= 15 is 0 Å². The first kappa shape index (κ1) is 22.1. The van der Waals surface area contributed by atoms with Crippen LogP contribution in [0.5, 0.6) is 0 Å². The highest BCUT2D eigenvalue weighted by molar-refractivity contribution is 6.30. The molecule has 2 saturated heterocycles. The van der Waals surface area contributed by atoms with Crippen LogP contribution in [0.3, 0.4) is 0 Å². The summed E-state index contributed by atoms with van der Waals surface area (Å²) < 4.78 is 5.54. The Morgan fingerprint density at radius 1 is 1.23 bits per heavy atom. The van der Waals surface area contributed by atoms with Crippen LogP contribution in [0, 0.1) is 5.92 Å². The molecule has 168 valence electrons. The van der Waals surface area contributed by atoms with Crippen molar-refractivity contribution < 1.29 is 19.1 Å². The Balaban J connectivity index is 1.41. The Bertz CT molecular complexity index is 860. The first-order chi connectivity index (χ1) is 14.8. The van der Waals surface area contributed by atoms with E-state index in [1.165, 1.54) is 0 Å². The highest BCUT2D eigenvalue weighted by atomic mass is 35.5. The van der Waals surface area contributed by atoms with Crippen molar-refractivity contribution >= 4 is 29.4 Å². The Labute approximate surface area is 187 Å². The highest BCUT2D eigenvalue weighted by Gasteiger charge is 2.52. The van der Waals surface area contributed by atoms with E-state index in [0.29, 0.717) is 43.5 Å². The quantitative estimate of drug-likeness (QED) is 0.679. The number of urea groups is 1. The van der Waals surface area contributed by atoms with Crippen LogP contribution >= 0.6 is 11.6 Å². The molecule has 1 spiro atoms. The van der Waals surface area contributed by atoms with E-state index in [0.717, 1.165) is 36.1 Å². The average molecular weight is 448 g/mol. The number of carbonyl (C=O) groups is 3. The van der Waals surface area contributed by atoms with E-state index in [-0.39, 0.29) is 23.8 Å². The maximum absolute atomic E-state index is 13.0. The number of hydrogen-bond acceptors (Lipinski definition) is 4. The van der Waals surface area contributed by atoms with Gasteiger partial charge in [-0.2, -0.15) is 0 Å². The van der Waals surface area contributed by atoms with E-state index in [1.54, 1.807) is 0 Å². The van der Waals surface area contributed by atoms with Crippen molar-refractivity contribution in [3.05, 3.63) is 34.9 Å². The molecular weight excluding hydrogens is 418 g/mol. The predicted molar refractivity (Wildman–Crippen MR) is 117 cm³/mol. The summed E-state index contributed by atoms with van der Waals surface area (Å²) >= 11 is 6.21. The summed E-state index contributed by atoms with van der Waals surface area (Å²) in [4.78, 5) is 39.3. The van der Waals surface area contributed by atoms with Crippen LogP contribution in [-0.2, 0) is 19.7 Å². The van der Waals surface area contributed by atoms with Crippen LogP contribution in [0.2, 0.25) is 5.02 Å². The smallest absolute Gasteiger partial charge is 0.325 e. The number of nitrogens with zero attached hydrogens (tertiary/aromatic N) is 1. The minimum atomic E-state index is -0.827. The molecule has 1 saturated carbocycles. The number of ether oxygens (including phenoxy) is 1. The van der Waals surface area contributed by atoms with E-state index in [4.69, 9.17) is 16.3 Å². The molecule has 1 aromatic rings. The largest absolute Gasteiger partial charge is 0.381 e. The molecule has 7 nitrogen and oxygen atoms in total. The maximum atomic E-state index is 13.0. The van der Waals surface area contributed by atoms with Crippen LogP contribution in [0.15, 0.2) is 24.3 Å². The van der Waals surface area contributed by atoms with E-state index in [1.807, 2.05) is 24.3 Å². The molecule has 3 fully saturated rings. The average Bonchev–Trinajstić information content (AvgIpc) is 2.99. The lowest BCUT2D eigenvalue weighted by Crippen LogP contribution is -2.50. The second-order valence-electron chi connectivity index (χ2n) is 9.27. The van der Waals surface area contributed by atoms with Crippen molar-refractivity contribution in [3.8, 4) is 0 Å². The standard InChI is InChI=1S/C23H30ClN3O4/c1-16-5-7-23(8-6-16)20(29)27(21(30)26-23)14-19(28)25-15-22(9-11-31-12-10-22)17-3-2-4-18(24)13-17/h2-4,13,16H,5-12,14-15H2,1H3,(H,25,28)(H,26,30). The molecule has 4 rings (SSSR count). The summed E-state index contributed by atoms with van der Waals surface area (Å²) in [5.74, 6) is -0.0531. The lowest BCUT2D eigenvalue weighted by atomic mass is 9.74. The first-order valence-electron chi connectivity index (χ1n) is 11.1. The molecule has 31 heavy (non-hydrogen) atoms. The summed E-state index contributed by atoms with van der Waals surface area (Å²) in [5.41, 5.74) is -0.0440. The molecule has 8 heteroatoms. The molecule has 1 aromatic carbocycles. The van der Waals surface area contributed by atoms with Gasteiger partial charge in [-0.25, -0.2) is 4.79 Å². The normalized spacial score (nSPS) is 27.9. The Hall–Kier alpha value is -2.12. The zero-order valence-corrected chi connectivity index (χ0v) is 18.7. The van der Waals surface area contributed by atoms with Gasteiger partial charge < -0.3 is 15.4 Å². The topological polar surface area (TPSA) is 87.7 Å². The van der Waals surface area contributed by atoms with Crippen LogP contribution in [0.25, 0.3) is 0 Å². The third-order valence-electron chi connectivity index (χ3n) is 7.19. The number of carbonyl (C=O) groups excluding carboxylic acids is 3. The molecule has 0 radical (unpaired) electrons. The van der Waals surface area contributed by atoms with Gasteiger partial charge >= 0.3 is 6.03 Å². The van der Waals surface area contributed by atoms with Gasteiger partial charge in [-0.15, -0.1) is 0 Å². The van der Waals surface area contributed by atoms with Crippen molar-refractivity contribution in [2.75, 3.05) is 26.3 Å². The summed E-state index contributed by atoms with van der Waals surface area (Å²) in [6.07, 6.45) is 4.59. The second kappa shape index (κ2) is 8.79. The Kier molecular flexibility index (Phi) is 6.26. The van der Waals surface area contributed by atoms with E-state index in [2.05, 4.69) is 17.6 Å². The zero-order chi connectivity index (χ0) is 22.1. The Morgan fingerprint density at radius 2 is 1.94 bits per heavy atom. The monoisotopic (exact) mass is 447 g/mol. The van der Waals surface area contributed by atoms with Gasteiger partial charge in [-0.3, -0.25) is 14.5 Å². The summed E-state index contributed by atoms with van der Waals surface area (Å²) in [7, 11) is 0. The minimum Gasteiger partial charge on any atom is -0.381 e. The number of halogens is 1. The lowest BCUT2D eigenvalue weighted by Gasteiger charge is -2.38. The SMILES string of the molecule is CC1CCC2(CC1)NC(=O)N(CC(=O)NCC1(c3cccc(Cl)c3)CCOCC1)C2=O. The summed E-state index contributed by atoms with van der Waals surface area (Å²) in [5, 5.41) is 6.49. The molecule has 0 bridgehead atoms. The number of rotatable bonds is 5. The van der Waals surface area contributed by atoms with Gasteiger partial charge in [-0.1, -0.05) is 30.7 Å². The zero-order valence-electron chi connectivity index (χ0n) is 17.9. The van der Waals surface area contributed by atoms with Crippen molar-refractivity contribution in [1.82, 2.24) is 15.5 Å². The Morgan fingerprint density at radius 3 is 2.61 bits per heavy atom. The van der Waals surface area contributed by atoms with Crippen molar-refractivity contribution in [2.24, 2.45) is 5.92 Å². The molecule has 3 aliphatic rings. The molecule has 0 atom stereocenters. The molecule has 2 N–H and O–H groups in total. The fraction of sp³-hybridized carbons (Fsp3) is 0.609. The van der Waals surface area contributed by atoms with Crippen molar-refractivity contribution in [2.45, 2.75) is 56.4 Å². The van der Waals surface area contributed by atoms with Crippen LogP contribution in [0.1, 0.15) is 51.0 Å². The third kappa shape index (κ3) is 4.44. The molecule has 2 aliphatic heterocycles. The molecule has 2 heterocycles. The fourth-order valence-electron chi connectivity index (χ4n) is 5.03. The molecule has 0 unspecified atom stereocenters. The van der Waals surface area contributed by atoms with Crippen LogP contribution < -0.4 is 10.6 Å². The van der Waals surface area contributed by atoms with E-state index < -0.39 is 11.6 Å². The molecular formula is C23H30ClN3O4. The number of benzene rings is 1. The maximum Gasteiger partial charge on any atom is 0.325 e. The fourth-order valence-corrected chi connectivity index (χ4v) is 5.22. The minimum absolute atomic E-state index is 0.260. The number of imide groups is 1. The van der Waals surface area contributed by atoms with Gasteiger partial charge in [0.1, 0.15) is 12.1 Å². The van der Waals surface area contributed by atoms with Crippen LogP contribution in [0.4, 0.5) is 4.79 Å². The van der Waals surface area contributed by atoms with Gasteiger partial charge in [0.15, 0.2) is 0 Å². The van der Waals surface area contributed by atoms with E-state index in [9.17, 15) is 14.4 Å². The van der Waals surface area contributed by atoms with Gasteiger partial charge in [0.25, 0.3) is 5.91 Å². The molecule has 0 aromatic heterocycles.